The molecule has 2 amide bonds. The first-order valence-electron chi connectivity index (χ1n) is 15.9. The van der Waals surface area contributed by atoms with Crippen molar-refractivity contribution in [3.63, 3.8) is 0 Å². The van der Waals surface area contributed by atoms with E-state index in [2.05, 4.69) is 46.4 Å². The highest BCUT2D eigenvalue weighted by Gasteiger charge is 2.27. The topological polar surface area (TPSA) is 119 Å². The third kappa shape index (κ3) is 6.16. The first kappa shape index (κ1) is 31.1. The molecule has 2 N–H and O–H groups in total. The molecule has 0 radical (unpaired) electrons. The number of fused-ring (bicyclic) bond motifs is 1. The van der Waals surface area contributed by atoms with Crippen LogP contribution in [0.5, 0.6) is 11.5 Å². The quantitative estimate of drug-likeness (QED) is 0.265. The van der Waals surface area contributed by atoms with Crippen LogP contribution in [-0.4, -0.2) is 58.8 Å². The van der Waals surface area contributed by atoms with Gasteiger partial charge in [0.15, 0.2) is 0 Å². The van der Waals surface area contributed by atoms with E-state index in [1.165, 1.54) is 10.1 Å². The predicted molar refractivity (Wildman–Crippen MR) is 177 cm³/mol. The Morgan fingerprint density at radius 1 is 1.02 bits per heavy atom. The Morgan fingerprint density at radius 3 is 2.35 bits per heavy atom. The maximum absolute atomic E-state index is 13.2. The van der Waals surface area contributed by atoms with Crippen molar-refractivity contribution in [3.05, 3.63) is 88.1 Å². The molecular weight excluding hydrogens is 582 g/mol. The second-order valence-electron chi connectivity index (χ2n) is 12.3. The van der Waals surface area contributed by atoms with Gasteiger partial charge in [0.25, 0.3) is 5.56 Å². The molecule has 46 heavy (non-hydrogen) atoms. The van der Waals surface area contributed by atoms with Crippen LogP contribution in [0, 0.1) is 0 Å². The molecule has 4 heterocycles. The van der Waals surface area contributed by atoms with E-state index in [4.69, 9.17) is 9.47 Å². The molecule has 1 atom stereocenters. The number of aryl methyl sites for hydroxylation is 1. The molecular formula is C36H41N5O5. The summed E-state index contributed by atoms with van der Waals surface area (Å²) in [5, 5.41) is 10.5. The summed E-state index contributed by atoms with van der Waals surface area (Å²) in [4.78, 5) is 40.1. The molecule has 0 saturated carbocycles. The van der Waals surface area contributed by atoms with Gasteiger partial charge in [-0.05, 0) is 73.3 Å². The van der Waals surface area contributed by atoms with Crippen molar-refractivity contribution in [2.75, 3.05) is 27.3 Å². The van der Waals surface area contributed by atoms with Gasteiger partial charge in [0.05, 0.1) is 26.3 Å². The van der Waals surface area contributed by atoms with Crippen LogP contribution in [0.1, 0.15) is 67.1 Å². The number of rotatable bonds is 9. The Morgan fingerprint density at radius 2 is 1.70 bits per heavy atom. The highest BCUT2D eigenvalue weighted by molar-refractivity contribution is 5.94. The number of hydrogen-bond donors (Lipinski definition) is 2. The molecule has 240 valence electrons. The largest absolute Gasteiger partial charge is 0.496 e. The van der Waals surface area contributed by atoms with Crippen LogP contribution >= 0.6 is 0 Å². The van der Waals surface area contributed by atoms with Crippen LogP contribution in [0.25, 0.3) is 22.0 Å². The highest BCUT2D eigenvalue weighted by Crippen LogP contribution is 2.38. The number of ether oxygens (including phenoxy) is 2. The lowest BCUT2D eigenvalue weighted by Gasteiger charge is -2.32. The number of aromatic amines is 1. The predicted octanol–water partition coefficient (Wildman–Crippen LogP) is 5.18. The third-order valence-corrected chi connectivity index (χ3v) is 9.53. The van der Waals surface area contributed by atoms with Crippen molar-refractivity contribution < 1.29 is 19.1 Å². The number of amides is 2. The number of carbonyl (C=O) groups excluding carboxylic acids is 2. The zero-order valence-electron chi connectivity index (χ0n) is 26.7. The first-order valence-corrected chi connectivity index (χ1v) is 15.9. The number of likely N-dealkylation sites (tertiary alicyclic amines) is 1. The normalized spacial score (nSPS) is 17.3. The van der Waals surface area contributed by atoms with Crippen molar-refractivity contribution >= 4 is 22.7 Å². The number of nitrogens with one attached hydrogen (secondary N) is 2. The minimum atomic E-state index is -0.145. The van der Waals surface area contributed by atoms with Gasteiger partial charge >= 0.3 is 0 Å². The Balaban J connectivity index is 1.05. The SMILES string of the molecule is C=C1CCC(c2ccc(C3CCN(C(=O)CCCc4c(OC)cc(-c5cn(C)c(=O)c6[nH]ncc56)cc4OC)CC3)cc2)C(=O)N1. The van der Waals surface area contributed by atoms with Crippen LogP contribution in [0.4, 0.5) is 0 Å². The molecule has 0 aliphatic carbocycles. The van der Waals surface area contributed by atoms with Crippen molar-refractivity contribution in [2.45, 2.75) is 56.8 Å². The molecule has 10 nitrogen and oxygen atoms in total. The summed E-state index contributed by atoms with van der Waals surface area (Å²) in [5.41, 5.74) is 6.01. The summed E-state index contributed by atoms with van der Waals surface area (Å²) in [6, 6.07) is 12.4. The second kappa shape index (κ2) is 13.2. The van der Waals surface area contributed by atoms with Gasteiger partial charge in [0, 0.05) is 55.0 Å². The number of hydrogen-bond acceptors (Lipinski definition) is 6. The molecule has 4 aromatic rings. The number of H-pyrrole nitrogens is 1. The van der Waals surface area contributed by atoms with Crippen LogP contribution < -0.4 is 20.3 Å². The number of aromatic nitrogens is 3. The van der Waals surface area contributed by atoms with Gasteiger partial charge in [-0.3, -0.25) is 19.5 Å². The van der Waals surface area contributed by atoms with E-state index in [0.717, 1.165) is 72.1 Å². The lowest BCUT2D eigenvalue weighted by molar-refractivity contribution is -0.132. The molecule has 2 saturated heterocycles. The van der Waals surface area contributed by atoms with Gasteiger partial charge in [0.2, 0.25) is 11.8 Å². The monoisotopic (exact) mass is 623 g/mol. The summed E-state index contributed by atoms with van der Waals surface area (Å²) in [5.74, 6) is 1.83. The number of benzene rings is 2. The summed E-state index contributed by atoms with van der Waals surface area (Å²) >= 11 is 0. The fraction of sp³-hybridized carbons (Fsp3) is 0.389. The Bertz CT molecular complexity index is 1810. The van der Waals surface area contributed by atoms with Crippen LogP contribution in [0.15, 0.2) is 65.9 Å². The smallest absolute Gasteiger partial charge is 0.276 e. The van der Waals surface area contributed by atoms with E-state index in [1.807, 2.05) is 17.0 Å². The number of nitrogens with zero attached hydrogens (tertiary/aromatic N) is 3. The summed E-state index contributed by atoms with van der Waals surface area (Å²) < 4.78 is 13.1. The van der Waals surface area contributed by atoms with E-state index in [0.29, 0.717) is 42.2 Å². The lowest BCUT2D eigenvalue weighted by atomic mass is 9.85. The Kier molecular flexibility index (Phi) is 8.96. The van der Waals surface area contributed by atoms with Crippen molar-refractivity contribution in [3.8, 4) is 22.6 Å². The Hall–Kier alpha value is -4.86. The molecule has 6 rings (SSSR count). The molecule has 10 heteroatoms. The number of methoxy groups -OCH3 is 2. The fourth-order valence-electron chi connectivity index (χ4n) is 6.90. The van der Waals surface area contributed by atoms with Gasteiger partial charge in [-0.1, -0.05) is 30.8 Å². The van der Waals surface area contributed by atoms with Gasteiger partial charge in [-0.25, -0.2) is 0 Å². The molecule has 2 aliphatic heterocycles. The summed E-state index contributed by atoms with van der Waals surface area (Å²) in [7, 11) is 4.97. The average Bonchev–Trinajstić information content (AvgIpc) is 3.57. The molecule has 0 spiro atoms. The highest BCUT2D eigenvalue weighted by atomic mass is 16.5. The molecule has 1 unspecified atom stereocenters. The van der Waals surface area contributed by atoms with E-state index < -0.39 is 0 Å². The minimum Gasteiger partial charge on any atom is -0.496 e. The molecule has 2 aromatic carbocycles. The molecule has 2 aliphatic rings. The maximum Gasteiger partial charge on any atom is 0.276 e. The van der Waals surface area contributed by atoms with Gasteiger partial charge in [-0.15, -0.1) is 0 Å². The first-order chi connectivity index (χ1) is 22.3. The van der Waals surface area contributed by atoms with Gasteiger partial charge in [0.1, 0.15) is 17.0 Å². The molecule has 2 fully saturated rings. The summed E-state index contributed by atoms with van der Waals surface area (Å²) in [6.07, 6.45) is 8.64. The van der Waals surface area contributed by atoms with Crippen LogP contribution in [0.2, 0.25) is 0 Å². The Labute approximate surface area is 268 Å². The van der Waals surface area contributed by atoms with Gasteiger partial charge < -0.3 is 24.3 Å². The van der Waals surface area contributed by atoms with E-state index in [9.17, 15) is 14.4 Å². The standard InChI is InChI=1S/C36H41N5O5/c1-22-8-13-27(35(43)38-22)25-11-9-23(10-12-25)24-14-16-41(17-15-24)33(42)7-5-6-28-31(45-3)18-26(19-32(28)46-4)30-21-40(2)36(44)34-29(30)20-37-39-34/h9-12,18-21,24,27H,1,5-8,13-17H2,2-4H3,(H,37,39)(H,38,43). The lowest BCUT2D eigenvalue weighted by Crippen LogP contribution is -2.37. The third-order valence-electron chi connectivity index (χ3n) is 9.53. The zero-order chi connectivity index (χ0) is 32.4. The second-order valence-corrected chi connectivity index (χ2v) is 12.3. The number of carbonyl (C=O) groups is 2. The summed E-state index contributed by atoms with van der Waals surface area (Å²) in [6.45, 7) is 5.35. The zero-order valence-corrected chi connectivity index (χ0v) is 26.7. The van der Waals surface area contributed by atoms with E-state index in [1.54, 1.807) is 33.7 Å². The minimum absolute atomic E-state index is 0.0297. The number of piperidine rings is 2. The fourth-order valence-corrected chi connectivity index (χ4v) is 6.90. The van der Waals surface area contributed by atoms with Crippen molar-refractivity contribution in [1.82, 2.24) is 25.0 Å². The van der Waals surface area contributed by atoms with Crippen LogP contribution in [0.3, 0.4) is 0 Å². The molecule has 0 bridgehead atoms. The van der Waals surface area contributed by atoms with Crippen molar-refractivity contribution in [1.29, 1.82) is 0 Å². The number of pyridine rings is 1. The van der Waals surface area contributed by atoms with Crippen molar-refractivity contribution in [2.24, 2.45) is 7.05 Å². The average molecular weight is 624 g/mol. The van der Waals surface area contributed by atoms with E-state index >= 15 is 0 Å². The van der Waals surface area contributed by atoms with Gasteiger partial charge in [-0.2, -0.15) is 5.10 Å². The molecule has 2 aromatic heterocycles. The van der Waals surface area contributed by atoms with E-state index in [-0.39, 0.29) is 23.3 Å². The number of allylic oxidation sites excluding steroid dienone is 1. The maximum atomic E-state index is 13.2. The van der Waals surface area contributed by atoms with Crippen LogP contribution in [-0.2, 0) is 23.1 Å².